The summed E-state index contributed by atoms with van der Waals surface area (Å²) in [5.74, 6) is -5.63. The van der Waals surface area contributed by atoms with Gasteiger partial charge in [-0.15, -0.1) is 0 Å². The first-order valence-corrected chi connectivity index (χ1v) is 8.10. The summed E-state index contributed by atoms with van der Waals surface area (Å²) >= 11 is 0. The summed E-state index contributed by atoms with van der Waals surface area (Å²) in [6, 6.07) is 3.22. The number of hydrogen-bond donors (Lipinski definition) is 4. The van der Waals surface area contributed by atoms with Crippen molar-refractivity contribution in [1.82, 2.24) is 9.80 Å². The van der Waals surface area contributed by atoms with E-state index in [-0.39, 0.29) is 18.7 Å². The molecule has 0 aliphatic heterocycles. The number of hydrogen-bond acceptors (Lipinski definition) is 8. The molecule has 1 rings (SSSR count). The van der Waals surface area contributed by atoms with Crippen molar-refractivity contribution in [3.8, 4) is 0 Å². The first-order valence-electron chi connectivity index (χ1n) is 8.10. The molecule has 1 atom stereocenters. The Morgan fingerprint density at radius 3 is 1.86 bits per heavy atom. The topological polar surface area (TPSA) is 199 Å². The van der Waals surface area contributed by atoms with Gasteiger partial charge in [0.1, 0.15) is 6.04 Å². The maximum atomic E-state index is 11.8. The van der Waals surface area contributed by atoms with Gasteiger partial charge in [0.25, 0.3) is 5.69 Å². The van der Waals surface area contributed by atoms with Crippen molar-refractivity contribution >= 4 is 29.6 Å². The molecule has 1 aromatic carbocycles. The normalized spacial score (nSPS) is 11.9. The smallest absolute Gasteiger partial charge is 0.325 e. The average Bonchev–Trinajstić information content (AvgIpc) is 2.58. The van der Waals surface area contributed by atoms with Crippen LogP contribution < -0.4 is 0 Å². The summed E-state index contributed by atoms with van der Waals surface area (Å²) in [4.78, 5) is 57.1. The average molecular weight is 413 g/mol. The second kappa shape index (κ2) is 10.7. The van der Waals surface area contributed by atoms with Gasteiger partial charge in [0.15, 0.2) is 0 Å². The third-order valence-corrected chi connectivity index (χ3v) is 3.79. The predicted molar refractivity (Wildman–Crippen MR) is 94.4 cm³/mol. The molecule has 13 nitrogen and oxygen atoms in total. The van der Waals surface area contributed by atoms with Crippen molar-refractivity contribution in [3.05, 3.63) is 39.9 Å². The standard InChI is InChI=1S/C16H19N3O10/c20-12(21)7-17(8-13(22)23)5-6-18(9-14(24)25)15(16(26)27)10-3-1-2-4-11(10)19(28)29/h1-4,15H,5-9H2,(H,20,21)(H,22,23)(H,24,25)(H,26,27). The zero-order chi connectivity index (χ0) is 22.1. The highest BCUT2D eigenvalue weighted by Crippen LogP contribution is 2.29. The zero-order valence-electron chi connectivity index (χ0n) is 15.0. The highest BCUT2D eigenvalue weighted by atomic mass is 16.6. The van der Waals surface area contributed by atoms with E-state index in [0.29, 0.717) is 0 Å². The summed E-state index contributed by atoms with van der Waals surface area (Å²) < 4.78 is 0. The van der Waals surface area contributed by atoms with E-state index in [2.05, 4.69) is 0 Å². The minimum absolute atomic E-state index is 0.255. The Kier molecular flexibility index (Phi) is 8.64. The van der Waals surface area contributed by atoms with Crippen molar-refractivity contribution in [2.45, 2.75) is 6.04 Å². The first kappa shape index (κ1) is 23.5. The lowest BCUT2D eigenvalue weighted by Gasteiger charge is -2.29. The summed E-state index contributed by atoms with van der Waals surface area (Å²) in [6.45, 7) is -2.82. The number of carbonyl (C=O) groups is 4. The second-order valence-electron chi connectivity index (χ2n) is 5.92. The Bertz CT molecular complexity index is 781. The Morgan fingerprint density at radius 2 is 1.41 bits per heavy atom. The SMILES string of the molecule is O=C(O)CN(CCN(CC(=O)O)C(C(=O)O)c1ccccc1[N+](=O)[O-])CC(=O)O. The van der Waals surface area contributed by atoms with Gasteiger partial charge < -0.3 is 20.4 Å². The van der Waals surface area contributed by atoms with Gasteiger partial charge >= 0.3 is 23.9 Å². The Labute approximate surface area is 163 Å². The van der Waals surface area contributed by atoms with Gasteiger partial charge in [0, 0.05) is 19.2 Å². The van der Waals surface area contributed by atoms with Crippen molar-refractivity contribution in [1.29, 1.82) is 0 Å². The predicted octanol–water partition coefficient (Wildman–Crippen LogP) is -0.422. The highest BCUT2D eigenvalue weighted by molar-refractivity contribution is 5.79. The van der Waals surface area contributed by atoms with Crippen molar-refractivity contribution in [2.24, 2.45) is 0 Å². The summed E-state index contributed by atoms with van der Waals surface area (Å²) in [5, 5.41) is 47.7. The zero-order valence-corrected chi connectivity index (χ0v) is 15.0. The Balaban J connectivity index is 3.23. The number of carboxylic acids is 4. The van der Waals surface area contributed by atoms with E-state index in [1.807, 2.05) is 0 Å². The van der Waals surface area contributed by atoms with Crippen molar-refractivity contribution in [2.75, 3.05) is 32.7 Å². The monoisotopic (exact) mass is 413 g/mol. The molecule has 0 fully saturated rings. The molecule has 0 aromatic heterocycles. The number of aliphatic carboxylic acids is 4. The minimum Gasteiger partial charge on any atom is -0.480 e. The summed E-state index contributed by atoms with van der Waals surface area (Å²) in [5.41, 5.74) is -0.780. The number of benzene rings is 1. The van der Waals surface area contributed by atoms with Crippen LogP contribution in [-0.4, -0.2) is 91.8 Å². The molecule has 0 heterocycles. The molecule has 0 saturated carbocycles. The van der Waals surface area contributed by atoms with Crippen LogP contribution in [0.15, 0.2) is 24.3 Å². The van der Waals surface area contributed by atoms with E-state index in [1.165, 1.54) is 18.2 Å². The first-order chi connectivity index (χ1) is 13.5. The van der Waals surface area contributed by atoms with Crippen LogP contribution in [-0.2, 0) is 19.2 Å². The van der Waals surface area contributed by atoms with Crippen LogP contribution in [0.3, 0.4) is 0 Å². The molecule has 4 N–H and O–H groups in total. The lowest BCUT2D eigenvalue weighted by atomic mass is 10.0. The largest absolute Gasteiger partial charge is 0.480 e. The van der Waals surface area contributed by atoms with Crippen LogP contribution in [0.1, 0.15) is 11.6 Å². The van der Waals surface area contributed by atoms with Crippen LogP contribution in [0.5, 0.6) is 0 Å². The van der Waals surface area contributed by atoms with Crippen molar-refractivity contribution < 1.29 is 44.5 Å². The molecule has 0 aliphatic rings. The molecule has 0 aliphatic carbocycles. The Morgan fingerprint density at radius 1 is 0.897 bits per heavy atom. The van der Waals surface area contributed by atoms with Crippen LogP contribution in [0.2, 0.25) is 0 Å². The fourth-order valence-electron chi connectivity index (χ4n) is 2.71. The number of nitro benzene ring substituents is 1. The van der Waals surface area contributed by atoms with Crippen LogP contribution in [0.4, 0.5) is 5.69 Å². The number of nitrogens with zero attached hydrogens (tertiary/aromatic N) is 3. The van der Waals surface area contributed by atoms with Crippen LogP contribution >= 0.6 is 0 Å². The molecule has 1 unspecified atom stereocenters. The van der Waals surface area contributed by atoms with E-state index in [0.717, 1.165) is 15.9 Å². The number of rotatable bonds is 13. The molecule has 0 bridgehead atoms. The molecule has 29 heavy (non-hydrogen) atoms. The summed E-state index contributed by atoms with van der Waals surface area (Å²) in [7, 11) is 0. The van der Waals surface area contributed by atoms with Crippen molar-refractivity contribution in [3.63, 3.8) is 0 Å². The van der Waals surface area contributed by atoms with E-state index in [1.54, 1.807) is 0 Å². The maximum absolute atomic E-state index is 11.8. The van der Waals surface area contributed by atoms with Gasteiger partial charge in [-0.2, -0.15) is 0 Å². The fourth-order valence-corrected chi connectivity index (χ4v) is 2.71. The third-order valence-electron chi connectivity index (χ3n) is 3.79. The molecule has 0 spiro atoms. The number of para-hydroxylation sites is 1. The minimum atomic E-state index is -1.72. The lowest BCUT2D eigenvalue weighted by Crippen LogP contribution is -2.44. The van der Waals surface area contributed by atoms with Gasteiger partial charge in [-0.25, -0.2) is 0 Å². The number of carboxylic acid groups (broad SMARTS) is 4. The fraction of sp³-hybridized carbons (Fsp3) is 0.375. The van der Waals surface area contributed by atoms with E-state index in [9.17, 15) is 34.4 Å². The highest BCUT2D eigenvalue weighted by Gasteiger charge is 2.34. The molecule has 13 heteroatoms. The van der Waals surface area contributed by atoms with Crippen LogP contribution in [0.25, 0.3) is 0 Å². The van der Waals surface area contributed by atoms with Gasteiger partial charge in [0.2, 0.25) is 0 Å². The summed E-state index contributed by atoms with van der Waals surface area (Å²) in [6.07, 6.45) is 0. The molecular weight excluding hydrogens is 394 g/mol. The quantitative estimate of drug-likeness (QED) is 0.241. The lowest BCUT2D eigenvalue weighted by molar-refractivity contribution is -0.385. The third kappa shape index (κ3) is 7.51. The van der Waals surface area contributed by atoms with E-state index >= 15 is 0 Å². The molecule has 1 aromatic rings. The number of nitro groups is 1. The van der Waals surface area contributed by atoms with Crippen LogP contribution in [0, 0.1) is 10.1 Å². The molecule has 0 amide bonds. The molecule has 0 saturated heterocycles. The van der Waals surface area contributed by atoms with Gasteiger partial charge in [-0.1, -0.05) is 12.1 Å². The maximum Gasteiger partial charge on any atom is 0.325 e. The van der Waals surface area contributed by atoms with Gasteiger partial charge in [0.05, 0.1) is 30.1 Å². The van der Waals surface area contributed by atoms with Gasteiger partial charge in [-0.05, 0) is 6.07 Å². The molecule has 158 valence electrons. The van der Waals surface area contributed by atoms with E-state index < -0.39 is 60.2 Å². The van der Waals surface area contributed by atoms with Gasteiger partial charge in [-0.3, -0.25) is 39.1 Å². The Hall–Kier alpha value is -3.58. The molecular formula is C16H19N3O10. The van der Waals surface area contributed by atoms with E-state index in [4.69, 9.17) is 15.3 Å². The second-order valence-corrected chi connectivity index (χ2v) is 5.92. The molecule has 0 radical (unpaired) electrons.